The van der Waals surface area contributed by atoms with Crippen LogP contribution in [0.2, 0.25) is 0 Å². The number of hydrogen-bond acceptors (Lipinski definition) is 3. The SMILES string of the molecule is COC(=O)C(N=C(c1ccccc1)c1ccccc1)c1ccccc1C. The molecular weight excluding hydrogens is 322 g/mol. The number of aryl methyl sites for hydroxylation is 1. The van der Waals surface area contributed by atoms with E-state index >= 15 is 0 Å². The molecular formula is C23H21NO2. The molecule has 3 aromatic carbocycles. The second-order valence-electron chi connectivity index (χ2n) is 5.99. The Morgan fingerprint density at radius 1 is 0.808 bits per heavy atom. The molecule has 0 spiro atoms. The van der Waals surface area contributed by atoms with Crippen molar-refractivity contribution in [3.05, 3.63) is 107 Å². The van der Waals surface area contributed by atoms with Crippen LogP contribution in [0.4, 0.5) is 0 Å². The van der Waals surface area contributed by atoms with E-state index in [4.69, 9.17) is 9.73 Å². The highest BCUT2D eigenvalue weighted by molar-refractivity contribution is 6.13. The van der Waals surface area contributed by atoms with Crippen molar-refractivity contribution in [1.82, 2.24) is 0 Å². The summed E-state index contributed by atoms with van der Waals surface area (Å²) in [4.78, 5) is 17.4. The van der Waals surface area contributed by atoms with Crippen LogP contribution >= 0.6 is 0 Å². The first-order valence-electron chi connectivity index (χ1n) is 8.52. The van der Waals surface area contributed by atoms with Gasteiger partial charge < -0.3 is 4.74 Å². The highest BCUT2D eigenvalue weighted by Crippen LogP contribution is 2.25. The van der Waals surface area contributed by atoms with Crippen LogP contribution in [-0.4, -0.2) is 18.8 Å². The second kappa shape index (κ2) is 8.26. The van der Waals surface area contributed by atoms with Crippen molar-refractivity contribution in [1.29, 1.82) is 0 Å². The van der Waals surface area contributed by atoms with Gasteiger partial charge in [0.2, 0.25) is 0 Å². The Bertz CT molecular complexity index is 860. The predicted molar refractivity (Wildman–Crippen MR) is 104 cm³/mol. The van der Waals surface area contributed by atoms with Crippen LogP contribution in [0.5, 0.6) is 0 Å². The molecule has 3 nitrogen and oxygen atoms in total. The molecule has 0 N–H and O–H groups in total. The van der Waals surface area contributed by atoms with Crippen molar-refractivity contribution in [3.8, 4) is 0 Å². The highest BCUT2D eigenvalue weighted by atomic mass is 16.5. The van der Waals surface area contributed by atoms with Gasteiger partial charge in [0.05, 0.1) is 12.8 Å². The third-order valence-corrected chi connectivity index (χ3v) is 4.26. The summed E-state index contributed by atoms with van der Waals surface area (Å²) in [5.41, 5.74) is 4.54. The molecule has 0 aliphatic heterocycles. The highest BCUT2D eigenvalue weighted by Gasteiger charge is 2.23. The van der Waals surface area contributed by atoms with E-state index in [1.54, 1.807) is 0 Å². The summed E-state index contributed by atoms with van der Waals surface area (Å²) in [6, 6.07) is 26.8. The van der Waals surface area contributed by atoms with Gasteiger partial charge in [-0.1, -0.05) is 84.9 Å². The van der Waals surface area contributed by atoms with Crippen LogP contribution in [0.1, 0.15) is 28.3 Å². The Morgan fingerprint density at radius 3 is 1.81 bits per heavy atom. The molecule has 1 unspecified atom stereocenters. The Hall–Kier alpha value is -3.20. The average Bonchev–Trinajstić information content (AvgIpc) is 2.70. The Kier molecular flexibility index (Phi) is 5.59. The van der Waals surface area contributed by atoms with Gasteiger partial charge in [-0.05, 0) is 18.1 Å². The minimum absolute atomic E-state index is 0.372. The van der Waals surface area contributed by atoms with E-state index in [9.17, 15) is 4.79 Å². The van der Waals surface area contributed by atoms with E-state index in [-0.39, 0.29) is 5.97 Å². The fourth-order valence-electron chi connectivity index (χ4n) is 2.89. The van der Waals surface area contributed by atoms with Gasteiger partial charge in [-0.25, -0.2) is 4.79 Å². The first-order chi connectivity index (χ1) is 12.7. The van der Waals surface area contributed by atoms with Crippen LogP contribution in [0.3, 0.4) is 0 Å². The van der Waals surface area contributed by atoms with E-state index in [1.165, 1.54) is 7.11 Å². The van der Waals surface area contributed by atoms with Crippen LogP contribution in [0, 0.1) is 6.92 Å². The first kappa shape index (κ1) is 17.6. The fourth-order valence-corrected chi connectivity index (χ4v) is 2.89. The summed E-state index contributed by atoms with van der Waals surface area (Å²) in [5.74, 6) is -0.372. The Balaban J connectivity index is 2.18. The number of aliphatic imine (C=N–C) groups is 1. The lowest BCUT2D eigenvalue weighted by atomic mass is 9.99. The number of hydrogen-bond donors (Lipinski definition) is 0. The van der Waals surface area contributed by atoms with Gasteiger partial charge >= 0.3 is 5.97 Å². The van der Waals surface area contributed by atoms with Crippen LogP contribution in [-0.2, 0) is 9.53 Å². The van der Waals surface area contributed by atoms with Crippen molar-refractivity contribution in [3.63, 3.8) is 0 Å². The van der Waals surface area contributed by atoms with Gasteiger partial charge in [-0.3, -0.25) is 4.99 Å². The minimum atomic E-state index is -0.711. The number of methoxy groups -OCH3 is 1. The van der Waals surface area contributed by atoms with E-state index in [1.807, 2.05) is 91.9 Å². The molecule has 0 radical (unpaired) electrons. The normalized spacial score (nSPS) is 11.5. The van der Waals surface area contributed by atoms with Crippen molar-refractivity contribution in [2.24, 2.45) is 4.99 Å². The number of carbonyl (C=O) groups is 1. The zero-order chi connectivity index (χ0) is 18.4. The lowest BCUT2D eigenvalue weighted by Crippen LogP contribution is -2.16. The molecule has 0 aliphatic carbocycles. The predicted octanol–water partition coefficient (Wildman–Crippen LogP) is 4.75. The summed E-state index contributed by atoms with van der Waals surface area (Å²) in [7, 11) is 1.40. The summed E-state index contributed by atoms with van der Waals surface area (Å²) >= 11 is 0. The smallest absolute Gasteiger partial charge is 0.335 e. The fraction of sp³-hybridized carbons (Fsp3) is 0.130. The Labute approximate surface area is 154 Å². The maximum atomic E-state index is 12.5. The van der Waals surface area contributed by atoms with Crippen LogP contribution < -0.4 is 0 Å². The average molecular weight is 343 g/mol. The van der Waals surface area contributed by atoms with Crippen molar-refractivity contribution in [2.75, 3.05) is 7.11 Å². The van der Waals surface area contributed by atoms with E-state index in [2.05, 4.69) is 0 Å². The minimum Gasteiger partial charge on any atom is -0.467 e. The lowest BCUT2D eigenvalue weighted by molar-refractivity contribution is -0.142. The summed E-state index contributed by atoms with van der Waals surface area (Å²) < 4.78 is 5.05. The molecule has 130 valence electrons. The standard InChI is InChI=1S/C23H21NO2/c1-17-11-9-10-16-20(17)22(23(25)26-2)24-21(18-12-5-3-6-13-18)19-14-7-4-8-15-19/h3-16,22H,1-2H3. The number of carbonyl (C=O) groups excluding carboxylic acids is 1. The van der Waals surface area contributed by atoms with Crippen molar-refractivity contribution in [2.45, 2.75) is 13.0 Å². The molecule has 0 amide bonds. The second-order valence-corrected chi connectivity index (χ2v) is 5.99. The Morgan fingerprint density at radius 2 is 1.31 bits per heavy atom. The van der Waals surface area contributed by atoms with Gasteiger partial charge in [0.1, 0.15) is 0 Å². The van der Waals surface area contributed by atoms with E-state index < -0.39 is 6.04 Å². The largest absolute Gasteiger partial charge is 0.467 e. The molecule has 0 bridgehead atoms. The molecule has 0 fully saturated rings. The molecule has 0 saturated heterocycles. The van der Waals surface area contributed by atoms with Gasteiger partial charge in [0.15, 0.2) is 6.04 Å². The van der Waals surface area contributed by atoms with E-state index in [0.717, 1.165) is 28.0 Å². The van der Waals surface area contributed by atoms with Crippen LogP contribution in [0.15, 0.2) is 89.9 Å². The van der Waals surface area contributed by atoms with Gasteiger partial charge in [-0.15, -0.1) is 0 Å². The third kappa shape index (κ3) is 3.89. The van der Waals surface area contributed by atoms with Gasteiger partial charge in [0, 0.05) is 11.1 Å². The lowest BCUT2D eigenvalue weighted by Gasteiger charge is -2.16. The number of nitrogens with zero attached hydrogens (tertiary/aromatic N) is 1. The number of ether oxygens (including phenoxy) is 1. The molecule has 3 heteroatoms. The molecule has 26 heavy (non-hydrogen) atoms. The monoisotopic (exact) mass is 343 g/mol. The number of rotatable bonds is 5. The molecule has 0 heterocycles. The molecule has 3 aromatic rings. The first-order valence-corrected chi connectivity index (χ1v) is 8.52. The molecule has 3 rings (SSSR count). The summed E-state index contributed by atoms with van der Waals surface area (Å²) in [6.07, 6.45) is 0. The topological polar surface area (TPSA) is 38.7 Å². The maximum Gasteiger partial charge on any atom is 0.335 e. The van der Waals surface area contributed by atoms with Crippen molar-refractivity contribution >= 4 is 11.7 Å². The van der Waals surface area contributed by atoms with Crippen LogP contribution in [0.25, 0.3) is 0 Å². The quantitative estimate of drug-likeness (QED) is 0.495. The summed E-state index contributed by atoms with van der Waals surface area (Å²) in [5, 5.41) is 0. The van der Waals surface area contributed by atoms with E-state index in [0.29, 0.717) is 0 Å². The zero-order valence-corrected chi connectivity index (χ0v) is 14.9. The molecule has 0 aromatic heterocycles. The molecule has 1 atom stereocenters. The van der Waals surface area contributed by atoms with Gasteiger partial charge in [0.25, 0.3) is 0 Å². The molecule has 0 saturated carbocycles. The zero-order valence-electron chi connectivity index (χ0n) is 14.9. The maximum absolute atomic E-state index is 12.5. The van der Waals surface area contributed by atoms with Gasteiger partial charge in [-0.2, -0.15) is 0 Å². The molecule has 0 aliphatic rings. The third-order valence-electron chi connectivity index (χ3n) is 4.26. The van der Waals surface area contributed by atoms with Crippen molar-refractivity contribution < 1.29 is 9.53 Å². The number of benzene rings is 3. The summed E-state index contributed by atoms with van der Waals surface area (Å²) in [6.45, 7) is 1.98. The number of esters is 1.